The predicted octanol–water partition coefficient (Wildman–Crippen LogP) is 2.55. The fraction of sp³-hybridized carbons (Fsp3) is 0.353. The predicted molar refractivity (Wildman–Crippen MR) is 92.7 cm³/mol. The smallest absolute Gasteiger partial charge is 0.238 e. The van der Waals surface area contributed by atoms with Crippen LogP contribution < -0.4 is 9.64 Å². The maximum Gasteiger partial charge on any atom is 0.238 e. The first-order chi connectivity index (χ1) is 11.8. The number of aromatic nitrogens is 2. The molecule has 6 nitrogen and oxygen atoms in total. The molecular weight excluding hydrogens is 328 g/mol. The number of hydrogen-bond acceptors (Lipinski definition) is 5. The van der Waals surface area contributed by atoms with Crippen molar-refractivity contribution >= 4 is 23.3 Å². The van der Waals surface area contributed by atoms with Gasteiger partial charge >= 0.3 is 0 Å². The Balaban J connectivity index is 1.56. The summed E-state index contributed by atoms with van der Waals surface area (Å²) in [5.41, 5.74) is 0. The van der Waals surface area contributed by atoms with Crippen LogP contribution >= 0.6 is 11.6 Å². The van der Waals surface area contributed by atoms with Crippen LogP contribution in [0.1, 0.15) is 6.42 Å². The third-order valence-electron chi connectivity index (χ3n) is 3.86. The lowest BCUT2D eigenvalue weighted by Gasteiger charge is -2.35. The van der Waals surface area contributed by atoms with Crippen molar-refractivity contribution in [2.45, 2.75) is 6.42 Å². The van der Waals surface area contributed by atoms with Gasteiger partial charge in [-0.15, -0.1) is 21.8 Å². The molecule has 0 aliphatic carbocycles. The summed E-state index contributed by atoms with van der Waals surface area (Å²) < 4.78 is 5.64. The maximum absolute atomic E-state index is 11.8. The largest absolute Gasteiger partial charge is 0.438 e. The summed E-state index contributed by atoms with van der Waals surface area (Å²) in [6.45, 7) is 2.84. The first kappa shape index (κ1) is 16.5. The monoisotopic (exact) mass is 346 g/mol. The number of amides is 1. The van der Waals surface area contributed by atoms with E-state index < -0.39 is 0 Å². The van der Waals surface area contributed by atoms with Gasteiger partial charge in [0.25, 0.3) is 0 Å². The number of carbonyl (C=O) groups excluding carboxylic acids is 1. The highest BCUT2D eigenvalue weighted by Crippen LogP contribution is 2.20. The van der Waals surface area contributed by atoms with Crippen molar-refractivity contribution < 1.29 is 9.53 Å². The number of hydrogen-bond donors (Lipinski definition) is 0. The summed E-state index contributed by atoms with van der Waals surface area (Å²) in [7, 11) is 0. The lowest BCUT2D eigenvalue weighted by atomic mass is 10.3. The molecule has 7 heteroatoms. The van der Waals surface area contributed by atoms with Crippen LogP contribution in [0.3, 0.4) is 0 Å². The molecule has 1 aromatic heterocycles. The molecule has 24 heavy (non-hydrogen) atoms. The molecule has 0 atom stereocenters. The fourth-order valence-electron chi connectivity index (χ4n) is 2.57. The molecule has 0 radical (unpaired) electrons. The third-order valence-corrected chi connectivity index (χ3v) is 4.05. The van der Waals surface area contributed by atoms with Crippen LogP contribution in [0.2, 0.25) is 0 Å². The van der Waals surface area contributed by atoms with E-state index in [1.165, 1.54) is 0 Å². The topological polar surface area (TPSA) is 58.6 Å². The number of alkyl halides is 1. The minimum Gasteiger partial charge on any atom is -0.438 e. The lowest BCUT2D eigenvalue weighted by molar-refractivity contribution is -0.131. The minimum atomic E-state index is 0.113. The Morgan fingerprint density at radius 3 is 2.42 bits per heavy atom. The van der Waals surface area contributed by atoms with Gasteiger partial charge in [-0.2, -0.15) is 0 Å². The number of para-hydroxylation sites is 1. The number of ether oxygens (including phenoxy) is 1. The summed E-state index contributed by atoms with van der Waals surface area (Å²) in [6.07, 6.45) is 0.396. The van der Waals surface area contributed by atoms with Gasteiger partial charge in [0, 0.05) is 44.5 Å². The van der Waals surface area contributed by atoms with Crippen molar-refractivity contribution in [3.05, 3.63) is 42.5 Å². The van der Waals surface area contributed by atoms with Crippen LogP contribution in [0.4, 0.5) is 5.82 Å². The molecule has 2 heterocycles. The molecule has 0 bridgehead atoms. The van der Waals surface area contributed by atoms with Crippen molar-refractivity contribution in [1.29, 1.82) is 0 Å². The van der Waals surface area contributed by atoms with E-state index in [1.54, 1.807) is 6.07 Å². The number of carbonyl (C=O) groups is 1. The second kappa shape index (κ2) is 7.97. The average Bonchev–Trinajstić information content (AvgIpc) is 2.64. The van der Waals surface area contributed by atoms with Gasteiger partial charge < -0.3 is 14.5 Å². The van der Waals surface area contributed by atoms with Crippen molar-refractivity contribution in [1.82, 2.24) is 15.1 Å². The van der Waals surface area contributed by atoms with Gasteiger partial charge in [0.05, 0.1) is 0 Å². The first-order valence-corrected chi connectivity index (χ1v) is 8.45. The van der Waals surface area contributed by atoms with Crippen molar-refractivity contribution in [2.24, 2.45) is 0 Å². The molecule has 0 spiro atoms. The molecule has 1 aliphatic heterocycles. The summed E-state index contributed by atoms with van der Waals surface area (Å²) in [4.78, 5) is 15.8. The quantitative estimate of drug-likeness (QED) is 0.779. The van der Waals surface area contributed by atoms with Crippen LogP contribution in [0, 0.1) is 0 Å². The second-order valence-electron chi connectivity index (χ2n) is 5.45. The van der Waals surface area contributed by atoms with Crippen LogP contribution in [-0.4, -0.2) is 53.1 Å². The van der Waals surface area contributed by atoms with Gasteiger partial charge in [-0.3, -0.25) is 4.79 Å². The fourth-order valence-corrected chi connectivity index (χ4v) is 2.73. The first-order valence-electron chi connectivity index (χ1n) is 7.91. The molecule has 1 saturated heterocycles. The second-order valence-corrected chi connectivity index (χ2v) is 5.83. The Morgan fingerprint density at radius 2 is 1.79 bits per heavy atom. The standard InChI is InChI=1S/C17H19ClN4O2/c18-9-8-17(23)22-12-10-21(11-13-22)15-6-7-16(20-19-15)24-14-4-2-1-3-5-14/h1-7H,8-13H2. The van der Waals surface area contributed by atoms with Crippen molar-refractivity contribution in [3.63, 3.8) is 0 Å². The molecule has 126 valence electrons. The summed E-state index contributed by atoms with van der Waals surface area (Å²) in [6, 6.07) is 13.2. The van der Waals surface area contributed by atoms with E-state index in [1.807, 2.05) is 41.3 Å². The van der Waals surface area contributed by atoms with E-state index in [0.29, 0.717) is 31.3 Å². The van der Waals surface area contributed by atoms with Crippen LogP contribution in [0.25, 0.3) is 0 Å². The molecule has 1 aromatic carbocycles. The number of anilines is 1. The summed E-state index contributed by atoms with van der Waals surface area (Å²) >= 11 is 5.62. The van der Waals surface area contributed by atoms with Crippen LogP contribution in [0.5, 0.6) is 11.6 Å². The van der Waals surface area contributed by atoms with Gasteiger partial charge in [-0.05, 0) is 18.2 Å². The number of halogens is 1. The van der Waals surface area contributed by atoms with Gasteiger partial charge in [-0.1, -0.05) is 18.2 Å². The molecule has 0 unspecified atom stereocenters. The van der Waals surface area contributed by atoms with E-state index in [4.69, 9.17) is 16.3 Å². The zero-order chi connectivity index (χ0) is 16.8. The molecule has 0 saturated carbocycles. The zero-order valence-electron chi connectivity index (χ0n) is 13.3. The normalized spacial score (nSPS) is 14.5. The number of benzene rings is 1. The van der Waals surface area contributed by atoms with Gasteiger partial charge in [0.1, 0.15) is 5.75 Å². The molecular formula is C17H19ClN4O2. The highest BCUT2D eigenvalue weighted by molar-refractivity contribution is 6.18. The molecule has 1 aliphatic rings. The van der Waals surface area contributed by atoms with Crippen molar-refractivity contribution in [3.8, 4) is 11.6 Å². The SMILES string of the molecule is O=C(CCCl)N1CCN(c2ccc(Oc3ccccc3)nn2)CC1. The Hall–Kier alpha value is -2.34. The van der Waals surface area contributed by atoms with Crippen LogP contribution in [0.15, 0.2) is 42.5 Å². The van der Waals surface area contributed by atoms with Gasteiger partial charge in [0.2, 0.25) is 11.8 Å². The van der Waals surface area contributed by atoms with Crippen LogP contribution in [-0.2, 0) is 4.79 Å². The number of nitrogens with zero attached hydrogens (tertiary/aromatic N) is 4. The summed E-state index contributed by atoms with van der Waals surface area (Å²) in [5, 5.41) is 8.35. The molecule has 0 N–H and O–H groups in total. The Labute approximate surface area is 146 Å². The van der Waals surface area contributed by atoms with Gasteiger partial charge in [-0.25, -0.2) is 0 Å². The Kier molecular flexibility index (Phi) is 5.48. The van der Waals surface area contributed by atoms with E-state index in [-0.39, 0.29) is 5.91 Å². The maximum atomic E-state index is 11.8. The van der Waals surface area contributed by atoms with Gasteiger partial charge in [0.15, 0.2) is 5.82 Å². The highest BCUT2D eigenvalue weighted by Gasteiger charge is 2.21. The molecule has 3 rings (SSSR count). The number of piperazine rings is 1. The Bertz CT molecular complexity index is 658. The molecule has 1 amide bonds. The zero-order valence-corrected chi connectivity index (χ0v) is 14.0. The van der Waals surface area contributed by atoms with Crippen molar-refractivity contribution in [2.75, 3.05) is 37.0 Å². The van der Waals surface area contributed by atoms with E-state index in [0.717, 1.165) is 24.7 Å². The highest BCUT2D eigenvalue weighted by atomic mass is 35.5. The minimum absolute atomic E-state index is 0.113. The van der Waals surface area contributed by atoms with E-state index >= 15 is 0 Å². The molecule has 2 aromatic rings. The molecule has 1 fully saturated rings. The Morgan fingerprint density at radius 1 is 1.04 bits per heavy atom. The summed E-state index contributed by atoms with van der Waals surface area (Å²) in [5.74, 6) is 2.46. The third kappa shape index (κ3) is 4.14. The lowest BCUT2D eigenvalue weighted by Crippen LogP contribution is -2.49. The number of rotatable bonds is 5. The van der Waals surface area contributed by atoms with E-state index in [9.17, 15) is 4.79 Å². The average molecular weight is 347 g/mol. The van der Waals surface area contributed by atoms with E-state index in [2.05, 4.69) is 15.1 Å².